The van der Waals surface area contributed by atoms with Crippen LogP contribution in [0.1, 0.15) is 60.1 Å². The Bertz CT molecular complexity index is 2490. The molecule has 0 radical (unpaired) electrons. The van der Waals surface area contributed by atoms with Gasteiger partial charge in [0.05, 0.1) is 19.4 Å². The highest BCUT2D eigenvalue weighted by Gasteiger charge is 2.49. The summed E-state index contributed by atoms with van der Waals surface area (Å²) >= 11 is 3.51. The molecule has 9 rings (SSSR count). The molecule has 0 aromatic heterocycles. The first kappa shape index (κ1) is 37.5. The highest BCUT2D eigenvalue weighted by atomic mass is 79.9. The Kier molecular flexibility index (Phi) is 9.79. The molecule has 286 valence electrons. The standard InChI is InChI=1S/C26H22N4O2.C19H18BrN3O2/c1-28-20-10-6-9-18(13-20)19-11-12-22-21(14-19)26(16-24(31)30(2)25(27)29-26)15-23(32-22)17-7-4-3-5-8-17;1-23-17(24)11-19(22-18(23)21)10-16(12-5-3-2-4-6-12)25-15-8-7-13(20)9-14(15)19/h3-14,23H,15-16H2,2H3,(H2,27,29);2-9,16H,10-11H2,1H3,(H2,21,22). The topological polar surface area (TPSA) is 140 Å². The van der Waals surface area contributed by atoms with Gasteiger partial charge in [-0.15, -0.1) is 0 Å². The van der Waals surface area contributed by atoms with Crippen LogP contribution in [0.5, 0.6) is 11.5 Å². The molecule has 5 aromatic carbocycles. The van der Waals surface area contributed by atoms with Crippen LogP contribution in [-0.2, 0) is 20.7 Å². The first-order chi connectivity index (χ1) is 27.5. The van der Waals surface area contributed by atoms with Crippen molar-refractivity contribution in [1.29, 1.82) is 0 Å². The summed E-state index contributed by atoms with van der Waals surface area (Å²) in [7, 11) is 3.30. The second kappa shape index (κ2) is 14.9. The van der Waals surface area contributed by atoms with Gasteiger partial charge in [-0.05, 0) is 58.7 Å². The fourth-order valence-electron chi connectivity index (χ4n) is 8.04. The van der Waals surface area contributed by atoms with E-state index in [0.717, 1.165) is 43.6 Å². The molecule has 2 spiro atoms. The van der Waals surface area contributed by atoms with Crippen LogP contribution in [-0.4, -0.2) is 47.6 Å². The minimum Gasteiger partial charge on any atom is -0.485 e. The lowest BCUT2D eigenvalue weighted by atomic mass is 9.76. The van der Waals surface area contributed by atoms with Crippen LogP contribution in [0.2, 0.25) is 0 Å². The molecular formula is C45H40BrN7O4. The van der Waals surface area contributed by atoms with Crippen LogP contribution < -0.4 is 20.9 Å². The number of aliphatic imine (C=N–C) groups is 2. The number of rotatable bonds is 3. The second-order valence-corrected chi connectivity index (χ2v) is 15.6. The largest absolute Gasteiger partial charge is 0.485 e. The fourth-order valence-corrected chi connectivity index (χ4v) is 8.40. The molecule has 0 saturated carbocycles. The maximum Gasteiger partial charge on any atom is 0.231 e. The van der Waals surface area contributed by atoms with Crippen molar-refractivity contribution in [2.75, 3.05) is 14.1 Å². The quantitative estimate of drug-likeness (QED) is 0.176. The van der Waals surface area contributed by atoms with Gasteiger partial charge in [0.25, 0.3) is 0 Å². The molecule has 4 aliphatic rings. The molecule has 0 aliphatic carbocycles. The van der Waals surface area contributed by atoms with Crippen LogP contribution in [0.3, 0.4) is 0 Å². The average molecular weight is 823 g/mol. The monoisotopic (exact) mass is 821 g/mol. The van der Waals surface area contributed by atoms with Gasteiger partial charge in [-0.3, -0.25) is 19.4 Å². The van der Waals surface area contributed by atoms with Gasteiger partial charge >= 0.3 is 0 Å². The Balaban J connectivity index is 0.000000165. The maximum atomic E-state index is 12.9. The van der Waals surface area contributed by atoms with Gasteiger partial charge in [0.1, 0.15) is 34.8 Å². The van der Waals surface area contributed by atoms with E-state index in [0.29, 0.717) is 24.3 Å². The second-order valence-electron chi connectivity index (χ2n) is 14.7. The van der Waals surface area contributed by atoms with E-state index >= 15 is 0 Å². The van der Waals surface area contributed by atoms with E-state index in [2.05, 4.69) is 20.8 Å². The first-order valence-electron chi connectivity index (χ1n) is 18.6. The van der Waals surface area contributed by atoms with E-state index in [1.54, 1.807) is 20.2 Å². The van der Waals surface area contributed by atoms with Crippen molar-refractivity contribution < 1.29 is 19.1 Å². The van der Waals surface area contributed by atoms with E-state index in [-0.39, 0.29) is 48.8 Å². The van der Waals surface area contributed by atoms with Crippen LogP contribution in [0, 0.1) is 6.57 Å². The van der Waals surface area contributed by atoms with Crippen molar-refractivity contribution in [1.82, 2.24) is 9.80 Å². The Morgan fingerprint density at radius 2 is 1.16 bits per heavy atom. The third-order valence-corrected chi connectivity index (χ3v) is 11.6. The molecule has 11 nitrogen and oxygen atoms in total. The lowest BCUT2D eigenvalue weighted by Crippen LogP contribution is -2.50. The van der Waals surface area contributed by atoms with E-state index < -0.39 is 11.1 Å². The Morgan fingerprint density at radius 3 is 1.67 bits per heavy atom. The minimum absolute atomic E-state index is 0.0351. The summed E-state index contributed by atoms with van der Waals surface area (Å²) in [6.07, 6.45) is 1.15. The number of nitrogens with zero attached hydrogens (tertiary/aromatic N) is 5. The molecule has 12 heteroatoms. The van der Waals surface area contributed by atoms with Crippen LogP contribution >= 0.6 is 15.9 Å². The third-order valence-electron chi connectivity index (χ3n) is 11.1. The summed E-state index contributed by atoms with van der Waals surface area (Å²) < 4.78 is 13.6. The van der Waals surface area contributed by atoms with Crippen LogP contribution in [0.25, 0.3) is 16.0 Å². The molecule has 0 bridgehead atoms. The zero-order chi connectivity index (χ0) is 39.9. The van der Waals surface area contributed by atoms with Crippen molar-refractivity contribution in [3.63, 3.8) is 0 Å². The summed E-state index contributed by atoms with van der Waals surface area (Å²) in [5.41, 5.74) is 17.0. The number of carbonyl (C=O) groups is 2. The van der Waals surface area contributed by atoms with Crippen molar-refractivity contribution in [3.05, 3.63) is 159 Å². The fraction of sp³-hybridized carbons (Fsp3) is 0.222. The number of halogens is 1. The summed E-state index contributed by atoms with van der Waals surface area (Å²) in [6.45, 7) is 7.31. The Morgan fingerprint density at radius 1 is 0.667 bits per heavy atom. The summed E-state index contributed by atoms with van der Waals surface area (Å²) in [4.78, 5) is 41.4. The molecule has 4 aliphatic heterocycles. The van der Waals surface area contributed by atoms with Gasteiger partial charge in [-0.1, -0.05) is 101 Å². The molecule has 4 N–H and O–H groups in total. The molecular weight excluding hydrogens is 782 g/mol. The number of carbonyl (C=O) groups excluding carboxylic acids is 2. The summed E-state index contributed by atoms with van der Waals surface area (Å²) in [6, 6.07) is 39.2. The van der Waals surface area contributed by atoms with E-state index in [4.69, 9.17) is 37.5 Å². The summed E-state index contributed by atoms with van der Waals surface area (Å²) in [5, 5.41) is 0. The zero-order valence-electron chi connectivity index (χ0n) is 31.4. The van der Waals surface area contributed by atoms with E-state index in [9.17, 15) is 9.59 Å². The Labute approximate surface area is 339 Å². The van der Waals surface area contributed by atoms with Crippen LogP contribution in [0.4, 0.5) is 5.69 Å². The van der Waals surface area contributed by atoms with E-state index in [1.165, 1.54) is 9.80 Å². The molecule has 4 atom stereocenters. The van der Waals surface area contributed by atoms with Gasteiger partial charge in [0.2, 0.25) is 11.8 Å². The highest BCUT2D eigenvalue weighted by Crippen LogP contribution is 2.52. The smallest absolute Gasteiger partial charge is 0.231 e. The highest BCUT2D eigenvalue weighted by molar-refractivity contribution is 9.10. The normalized spacial score (nSPS) is 23.5. The number of nitrogens with two attached hydrogens (primary N) is 2. The molecule has 2 amide bonds. The Hall–Kier alpha value is -6.45. The number of hydrogen-bond donors (Lipinski definition) is 2. The predicted octanol–water partition coefficient (Wildman–Crippen LogP) is 8.15. The van der Waals surface area contributed by atoms with Gasteiger partial charge in [-0.2, -0.15) is 0 Å². The molecule has 57 heavy (non-hydrogen) atoms. The van der Waals surface area contributed by atoms with Gasteiger partial charge in [0.15, 0.2) is 17.6 Å². The number of amides is 2. The SMILES string of the molecule is CN1C(=O)CC2(CC(c3ccccc3)Oc3ccc(Br)cc32)N=C1N.[C-]#[N+]c1cccc(-c2ccc3c(c2)C2(CC(=O)N(C)C(N)=N2)CC(c2ccccc2)O3)c1. The third kappa shape index (κ3) is 7.11. The first-order valence-corrected chi connectivity index (χ1v) is 19.4. The molecule has 0 fully saturated rings. The zero-order valence-corrected chi connectivity index (χ0v) is 33.0. The predicted molar refractivity (Wildman–Crippen MR) is 223 cm³/mol. The average Bonchev–Trinajstić information content (AvgIpc) is 3.23. The lowest BCUT2D eigenvalue weighted by molar-refractivity contribution is -0.130. The molecule has 4 unspecified atom stereocenters. The maximum absolute atomic E-state index is 12.9. The minimum atomic E-state index is -0.810. The number of guanidine groups is 2. The van der Waals surface area contributed by atoms with Gasteiger partial charge < -0.3 is 20.9 Å². The number of benzene rings is 5. The number of hydrogen-bond acceptors (Lipinski definition) is 8. The number of fused-ring (bicyclic) bond motifs is 4. The van der Waals surface area contributed by atoms with Gasteiger partial charge in [-0.25, -0.2) is 14.8 Å². The van der Waals surface area contributed by atoms with Crippen molar-refractivity contribution in [2.24, 2.45) is 21.5 Å². The van der Waals surface area contributed by atoms with Gasteiger partial charge in [0, 0.05) is 42.5 Å². The van der Waals surface area contributed by atoms with Crippen molar-refractivity contribution in [2.45, 2.75) is 49.0 Å². The number of ether oxygens (including phenoxy) is 2. The summed E-state index contributed by atoms with van der Waals surface area (Å²) in [5.74, 6) is 1.79. The molecule has 5 aromatic rings. The van der Waals surface area contributed by atoms with E-state index in [1.807, 2.05) is 115 Å². The van der Waals surface area contributed by atoms with Crippen molar-refractivity contribution in [3.8, 4) is 22.6 Å². The van der Waals surface area contributed by atoms with Crippen molar-refractivity contribution >= 4 is 45.4 Å². The molecule has 0 saturated heterocycles. The van der Waals surface area contributed by atoms with Crippen LogP contribution in [0.15, 0.2) is 136 Å². The lowest BCUT2D eigenvalue weighted by Gasteiger charge is -2.43. The molecule has 4 heterocycles.